The number of rotatable bonds is 7. The van der Waals surface area contributed by atoms with Gasteiger partial charge in [0.05, 0.1) is 13.2 Å². The summed E-state index contributed by atoms with van der Waals surface area (Å²) in [5, 5.41) is 2.74. The summed E-state index contributed by atoms with van der Waals surface area (Å²) in [6, 6.07) is 8.65. The van der Waals surface area contributed by atoms with E-state index in [1.54, 1.807) is 0 Å². The van der Waals surface area contributed by atoms with Crippen molar-refractivity contribution in [2.75, 3.05) is 19.8 Å². The number of carbonyl (C=O) groups excluding carboxylic acids is 1. The highest BCUT2D eigenvalue weighted by Gasteiger charge is 2.14. The van der Waals surface area contributed by atoms with Crippen molar-refractivity contribution in [3.63, 3.8) is 0 Å². The summed E-state index contributed by atoms with van der Waals surface area (Å²) in [5.74, 6) is -0.194. The number of amides is 1. The summed E-state index contributed by atoms with van der Waals surface area (Å²) in [7, 11) is 0. The van der Waals surface area contributed by atoms with E-state index >= 15 is 0 Å². The van der Waals surface area contributed by atoms with Gasteiger partial charge in [-0.2, -0.15) is 0 Å². The van der Waals surface area contributed by atoms with Crippen LogP contribution in [0.15, 0.2) is 42.5 Å². The van der Waals surface area contributed by atoms with Crippen LogP contribution in [-0.4, -0.2) is 25.7 Å². The fourth-order valence-corrected chi connectivity index (χ4v) is 1.41. The Hall–Kier alpha value is -1.65. The van der Waals surface area contributed by atoms with Gasteiger partial charge >= 0.3 is 0 Å². The Morgan fingerprint density at radius 2 is 2.11 bits per heavy atom. The van der Waals surface area contributed by atoms with E-state index in [4.69, 9.17) is 10.5 Å². The number of ether oxygens (including phenoxy) is 1. The third-order valence-corrected chi connectivity index (χ3v) is 2.34. The number of carbonyl (C=O) groups is 1. The van der Waals surface area contributed by atoms with Crippen molar-refractivity contribution >= 4 is 5.91 Å². The number of hydrogen-bond donors (Lipinski definition) is 2. The van der Waals surface area contributed by atoms with Crippen LogP contribution in [0, 0.1) is 0 Å². The Bertz CT molecular complexity index is 390. The van der Waals surface area contributed by atoms with Gasteiger partial charge in [-0.3, -0.25) is 4.79 Å². The van der Waals surface area contributed by atoms with Crippen LogP contribution in [0.2, 0.25) is 0 Å². The first kappa shape index (κ1) is 14.4. The highest BCUT2D eigenvalue weighted by atomic mass is 16.5. The number of hydrogen-bond acceptors (Lipinski definition) is 3. The number of benzene rings is 1. The topological polar surface area (TPSA) is 64.3 Å². The molecule has 0 aromatic heterocycles. The first-order valence-corrected chi connectivity index (χ1v) is 5.91. The summed E-state index contributed by atoms with van der Waals surface area (Å²) in [5.41, 5.74) is 7.60. The molecule has 0 fully saturated rings. The van der Waals surface area contributed by atoms with E-state index in [-0.39, 0.29) is 5.91 Å². The van der Waals surface area contributed by atoms with Gasteiger partial charge in [0.25, 0.3) is 0 Å². The van der Waals surface area contributed by atoms with Crippen LogP contribution in [0.25, 0.3) is 0 Å². The maximum atomic E-state index is 11.7. The molecule has 0 saturated carbocycles. The zero-order valence-corrected chi connectivity index (χ0v) is 10.7. The van der Waals surface area contributed by atoms with Crippen LogP contribution in [-0.2, 0) is 9.53 Å². The average molecular weight is 248 g/mol. The fourth-order valence-electron chi connectivity index (χ4n) is 1.41. The van der Waals surface area contributed by atoms with Crippen LogP contribution >= 0.6 is 0 Å². The van der Waals surface area contributed by atoms with Gasteiger partial charge in [0, 0.05) is 6.54 Å². The lowest BCUT2D eigenvalue weighted by Crippen LogP contribution is -2.36. The van der Waals surface area contributed by atoms with Crippen molar-refractivity contribution in [1.29, 1.82) is 0 Å². The minimum absolute atomic E-state index is 0.194. The van der Waals surface area contributed by atoms with Gasteiger partial charge in [-0.1, -0.05) is 42.5 Å². The first-order chi connectivity index (χ1) is 8.61. The molecule has 0 radical (unpaired) electrons. The SMILES string of the molecule is C=C(C)COCCNC(=O)[C@H](N)c1ccccc1. The Labute approximate surface area is 108 Å². The van der Waals surface area contributed by atoms with E-state index in [0.717, 1.165) is 11.1 Å². The second-order valence-corrected chi connectivity index (χ2v) is 4.19. The molecule has 0 heterocycles. The second-order valence-electron chi connectivity index (χ2n) is 4.19. The van der Waals surface area contributed by atoms with E-state index in [2.05, 4.69) is 11.9 Å². The highest BCUT2D eigenvalue weighted by molar-refractivity contribution is 5.82. The van der Waals surface area contributed by atoms with Gasteiger partial charge in [-0.05, 0) is 12.5 Å². The summed E-state index contributed by atoms with van der Waals surface area (Å²) < 4.78 is 5.28. The zero-order valence-electron chi connectivity index (χ0n) is 10.7. The largest absolute Gasteiger partial charge is 0.375 e. The normalized spacial score (nSPS) is 11.9. The second kappa shape index (κ2) is 7.63. The molecule has 0 saturated heterocycles. The van der Waals surface area contributed by atoms with Gasteiger partial charge in [0.2, 0.25) is 5.91 Å². The van der Waals surface area contributed by atoms with Crippen molar-refractivity contribution in [3.05, 3.63) is 48.0 Å². The number of nitrogens with one attached hydrogen (secondary N) is 1. The van der Waals surface area contributed by atoms with Crippen molar-refractivity contribution in [2.45, 2.75) is 13.0 Å². The highest BCUT2D eigenvalue weighted by Crippen LogP contribution is 2.08. The average Bonchev–Trinajstić information content (AvgIpc) is 2.38. The smallest absolute Gasteiger partial charge is 0.241 e. The van der Waals surface area contributed by atoms with E-state index < -0.39 is 6.04 Å². The summed E-state index contributed by atoms with van der Waals surface area (Å²) >= 11 is 0. The van der Waals surface area contributed by atoms with E-state index in [1.807, 2.05) is 37.3 Å². The van der Waals surface area contributed by atoms with Crippen molar-refractivity contribution < 1.29 is 9.53 Å². The van der Waals surface area contributed by atoms with Gasteiger partial charge < -0.3 is 15.8 Å². The van der Waals surface area contributed by atoms with Gasteiger partial charge in [0.15, 0.2) is 0 Å². The van der Waals surface area contributed by atoms with E-state index in [0.29, 0.717) is 19.8 Å². The molecule has 4 nitrogen and oxygen atoms in total. The monoisotopic (exact) mass is 248 g/mol. The zero-order chi connectivity index (χ0) is 13.4. The van der Waals surface area contributed by atoms with E-state index in [9.17, 15) is 4.79 Å². The van der Waals surface area contributed by atoms with Crippen molar-refractivity contribution in [3.8, 4) is 0 Å². The summed E-state index contributed by atoms with van der Waals surface area (Å²) in [6.45, 7) is 7.04. The molecule has 0 spiro atoms. The maximum Gasteiger partial charge on any atom is 0.241 e. The molecule has 0 aliphatic carbocycles. The van der Waals surface area contributed by atoms with Crippen LogP contribution in [0.5, 0.6) is 0 Å². The molecule has 4 heteroatoms. The molecule has 1 amide bonds. The number of nitrogens with two attached hydrogens (primary N) is 1. The molecule has 1 rings (SSSR count). The molecule has 0 aliphatic heterocycles. The van der Waals surface area contributed by atoms with Gasteiger partial charge in [-0.25, -0.2) is 0 Å². The molecule has 0 aliphatic rings. The fraction of sp³-hybridized carbons (Fsp3) is 0.357. The lowest BCUT2D eigenvalue weighted by Gasteiger charge is -2.12. The Morgan fingerprint density at radius 3 is 2.72 bits per heavy atom. The maximum absolute atomic E-state index is 11.7. The molecule has 1 atom stereocenters. The Kier molecular flexibility index (Phi) is 6.11. The quantitative estimate of drug-likeness (QED) is 0.566. The van der Waals surface area contributed by atoms with Crippen LogP contribution in [0.4, 0.5) is 0 Å². The van der Waals surface area contributed by atoms with Crippen LogP contribution < -0.4 is 11.1 Å². The minimum Gasteiger partial charge on any atom is -0.375 e. The van der Waals surface area contributed by atoms with Crippen molar-refractivity contribution in [2.24, 2.45) is 5.73 Å². The molecule has 98 valence electrons. The molecule has 18 heavy (non-hydrogen) atoms. The lowest BCUT2D eigenvalue weighted by atomic mass is 10.1. The third-order valence-electron chi connectivity index (χ3n) is 2.34. The standard InChI is InChI=1S/C14H20N2O2/c1-11(2)10-18-9-8-16-14(17)13(15)12-6-4-3-5-7-12/h3-7,13H,1,8-10,15H2,2H3,(H,16,17)/t13-/m1/s1. The Balaban J connectivity index is 2.26. The molecule has 3 N–H and O–H groups in total. The lowest BCUT2D eigenvalue weighted by molar-refractivity contribution is -0.122. The summed E-state index contributed by atoms with van der Waals surface area (Å²) in [4.78, 5) is 11.7. The van der Waals surface area contributed by atoms with Gasteiger partial charge in [0.1, 0.15) is 6.04 Å². The van der Waals surface area contributed by atoms with Crippen LogP contribution in [0.1, 0.15) is 18.5 Å². The predicted molar refractivity (Wildman–Crippen MR) is 72.0 cm³/mol. The summed E-state index contributed by atoms with van der Waals surface area (Å²) in [6.07, 6.45) is 0. The third kappa shape index (κ3) is 5.12. The molecular weight excluding hydrogens is 228 g/mol. The molecule has 0 unspecified atom stereocenters. The molecule has 1 aromatic carbocycles. The molecular formula is C14H20N2O2. The first-order valence-electron chi connectivity index (χ1n) is 5.91. The molecule has 0 bridgehead atoms. The van der Waals surface area contributed by atoms with Crippen molar-refractivity contribution in [1.82, 2.24) is 5.32 Å². The van der Waals surface area contributed by atoms with E-state index in [1.165, 1.54) is 0 Å². The molecule has 1 aromatic rings. The Morgan fingerprint density at radius 1 is 1.44 bits per heavy atom. The minimum atomic E-state index is -0.632. The predicted octanol–water partition coefficient (Wildman–Crippen LogP) is 1.40. The van der Waals surface area contributed by atoms with Gasteiger partial charge in [-0.15, -0.1) is 0 Å². The van der Waals surface area contributed by atoms with Crippen LogP contribution in [0.3, 0.4) is 0 Å².